The first-order valence-electron chi connectivity index (χ1n) is 7.86. The summed E-state index contributed by atoms with van der Waals surface area (Å²) in [7, 11) is 0. The molecule has 4 rings (SSSR count). The van der Waals surface area contributed by atoms with Crippen molar-refractivity contribution in [3.8, 4) is 11.4 Å². The molecule has 3 aromatic rings. The number of hydrogen-bond donors (Lipinski definition) is 0. The van der Waals surface area contributed by atoms with Crippen LogP contribution in [-0.2, 0) is 4.79 Å². The Hall–Kier alpha value is -2.80. The van der Waals surface area contributed by atoms with E-state index in [4.69, 9.17) is 16.1 Å². The van der Waals surface area contributed by atoms with Gasteiger partial charge in [0.1, 0.15) is 11.6 Å². The number of hydrogen-bond acceptors (Lipinski definition) is 4. The molecule has 1 aromatic heterocycles. The molecule has 1 fully saturated rings. The molecule has 1 saturated heterocycles. The number of nitrogens with zero attached hydrogens (tertiary/aromatic N) is 3. The van der Waals surface area contributed by atoms with Crippen molar-refractivity contribution in [3.05, 3.63) is 65.0 Å². The molecule has 0 spiro atoms. The molecule has 2 heterocycles. The van der Waals surface area contributed by atoms with Crippen molar-refractivity contribution < 1.29 is 18.1 Å². The van der Waals surface area contributed by atoms with Crippen LogP contribution in [0.4, 0.5) is 14.5 Å². The third-order valence-electron chi connectivity index (χ3n) is 4.23. The summed E-state index contributed by atoms with van der Waals surface area (Å²) in [5.41, 5.74) is 1.04. The van der Waals surface area contributed by atoms with Crippen LogP contribution in [0.25, 0.3) is 11.4 Å². The molecule has 1 atom stereocenters. The van der Waals surface area contributed by atoms with E-state index in [9.17, 15) is 13.6 Å². The van der Waals surface area contributed by atoms with E-state index in [2.05, 4.69) is 10.1 Å². The van der Waals surface area contributed by atoms with Gasteiger partial charge < -0.3 is 9.42 Å². The summed E-state index contributed by atoms with van der Waals surface area (Å²) in [4.78, 5) is 18.1. The van der Waals surface area contributed by atoms with Crippen LogP contribution in [0.1, 0.15) is 18.2 Å². The summed E-state index contributed by atoms with van der Waals surface area (Å²) in [5.74, 6) is -0.816. The predicted molar refractivity (Wildman–Crippen MR) is 90.8 cm³/mol. The SMILES string of the molecule is O=C1CC(c2nc(-c3ccc(Cl)c(F)c3)no2)CN1c1ccc(F)cc1. The second-order valence-corrected chi connectivity index (χ2v) is 6.37. The Balaban J connectivity index is 1.55. The van der Waals surface area contributed by atoms with Gasteiger partial charge in [0.25, 0.3) is 0 Å². The Kier molecular flexibility index (Phi) is 4.16. The van der Waals surface area contributed by atoms with E-state index in [1.54, 1.807) is 23.1 Å². The van der Waals surface area contributed by atoms with Gasteiger partial charge in [-0.05, 0) is 42.5 Å². The molecule has 1 amide bonds. The topological polar surface area (TPSA) is 59.2 Å². The fourth-order valence-electron chi connectivity index (χ4n) is 2.90. The zero-order chi connectivity index (χ0) is 18.3. The molecule has 2 aromatic carbocycles. The molecule has 0 saturated carbocycles. The molecule has 8 heteroatoms. The van der Waals surface area contributed by atoms with Gasteiger partial charge in [0.05, 0.1) is 10.9 Å². The number of halogens is 3. The highest BCUT2D eigenvalue weighted by molar-refractivity contribution is 6.30. The largest absolute Gasteiger partial charge is 0.339 e. The molecule has 5 nitrogen and oxygen atoms in total. The summed E-state index contributed by atoms with van der Waals surface area (Å²) < 4.78 is 31.9. The third kappa shape index (κ3) is 3.06. The van der Waals surface area contributed by atoms with Gasteiger partial charge in [0.2, 0.25) is 17.6 Å². The lowest BCUT2D eigenvalue weighted by Gasteiger charge is -2.15. The van der Waals surface area contributed by atoms with E-state index < -0.39 is 5.82 Å². The van der Waals surface area contributed by atoms with E-state index in [1.165, 1.54) is 24.3 Å². The van der Waals surface area contributed by atoms with Gasteiger partial charge in [-0.15, -0.1) is 0 Å². The molecule has 1 aliphatic heterocycles. The van der Waals surface area contributed by atoms with Gasteiger partial charge in [0, 0.05) is 24.2 Å². The minimum atomic E-state index is -0.575. The van der Waals surface area contributed by atoms with Crippen molar-refractivity contribution in [1.82, 2.24) is 10.1 Å². The van der Waals surface area contributed by atoms with Gasteiger partial charge in [-0.25, -0.2) is 8.78 Å². The summed E-state index contributed by atoms with van der Waals surface area (Å²) in [6.45, 7) is 0.348. The van der Waals surface area contributed by atoms with Crippen molar-refractivity contribution in [2.45, 2.75) is 12.3 Å². The molecular weight excluding hydrogens is 364 g/mol. The first-order chi connectivity index (χ1) is 12.5. The standard InChI is InChI=1S/C18H12ClF2N3O2/c19-14-6-1-10(7-15(14)21)17-22-18(26-23-17)11-8-16(25)24(9-11)13-4-2-12(20)3-5-13/h1-7,11H,8-9H2. The van der Waals surface area contributed by atoms with Crippen LogP contribution in [0.5, 0.6) is 0 Å². The Morgan fingerprint density at radius 1 is 1.15 bits per heavy atom. The lowest BCUT2D eigenvalue weighted by Crippen LogP contribution is -2.24. The molecule has 0 N–H and O–H groups in total. The van der Waals surface area contributed by atoms with Gasteiger partial charge in [-0.1, -0.05) is 16.8 Å². The van der Waals surface area contributed by atoms with Gasteiger partial charge in [0.15, 0.2) is 0 Å². The molecule has 0 radical (unpaired) electrons. The number of rotatable bonds is 3. The summed E-state index contributed by atoms with van der Waals surface area (Å²) in [6, 6.07) is 9.92. The molecule has 132 valence electrons. The van der Waals surface area contributed by atoms with Crippen LogP contribution >= 0.6 is 11.6 Å². The Labute approximate surface area is 152 Å². The maximum absolute atomic E-state index is 13.6. The van der Waals surface area contributed by atoms with E-state index >= 15 is 0 Å². The number of carbonyl (C=O) groups is 1. The molecule has 1 aliphatic rings. The zero-order valence-electron chi connectivity index (χ0n) is 13.3. The highest BCUT2D eigenvalue weighted by Gasteiger charge is 2.35. The smallest absolute Gasteiger partial charge is 0.232 e. The third-order valence-corrected chi connectivity index (χ3v) is 4.54. The maximum Gasteiger partial charge on any atom is 0.232 e. The normalized spacial score (nSPS) is 17.1. The van der Waals surface area contributed by atoms with Crippen LogP contribution in [0.15, 0.2) is 47.0 Å². The second-order valence-electron chi connectivity index (χ2n) is 5.97. The number of benzene rings is 2. The Bertz CT molecular complexity index is 975. The van der Waals surface area contributed by atoms with Crippen LogP contribution < -0.4 is 4.90 Å². The predicted octanol–water partition coefficient (Wildman–Crippen LogP) is 4.19. The van der Waals surface area contributed by atoms with Gasteiger partial charge in [-0.3, -0.25) is 4.79 Å². The first kappa shape index (κ1) is 16.7. The number of aromatic nitrogens is 2. The van der Waals surface area contributed by atoms with E-state index in [0.717, 1.165) is 0 Å². The maximum atomic E-state index is 13.6. The number of carbonyl (C=O) groups excluding carboxylic acids is 1. The van der Waals surface area contributed by atoms with Crippen molar-refractivity contribution in [2.75, 3.05) is 11.4 Å². The average Bonchev–Trinajstić information content (AvgIpc) is 3.25. The second kappa shape index (κ2) is 6.49. The van der Waals surface area contributed by atoms with Crippen molar-refractivity contribution in [3.63, 3.8) is 0 Å². The van der Waals surface area contributed by atoms with Crippen LogP contribution in [0.3, 0.4) is 0 Å². The summed E-state index contributed by atoms with van der Waals surface area (Å²) >= 11 is 5.67. The lowest BCUT2D eigenvalue weighted by molar-refractivity contribution is -0.117. The summed E-state index contributed by atoms with van der Waals surface area (Å²) in [5, 5.41) is 3.87. The summed E-state index contributed by atoms with van der Waals surface area (Å²) in [6.07, 6.45) is 0.202. The van der Waals surface area contributed by atoms with Crippen LogP contribution in [0.2, 0.25) is 5.02 Å². The fourth-order valence-corrected chi connectivity index (χ4v) is 3.01. The minimum absolute atomic E-state index is 0.00815. The van der Waals surface area contributed by atoms with Gasteiger partial charge in [-0.2, -0.15) is 4.98 Å². The molecular formula is C18H12ClF2N3O2. The molecule has 0 aliphatic carbocycles. The first-order valence-corrected chi connectivity index (χ1v) is 8.24. The monoisotopic (exact) mass is 375 g/mol. The number of anilines is 1. The lowest BCUT2D eigenvalue weighted by atomic mass is 10.1. The highest BCUT2D eigenvalue weighted by atomic mass is 35.5. The Morgan fingerprint density at radius 3 is 2.65 bits per heavy atom. The van der Waals surface area contributed by atoms with Gasteiger partial charge >= 0.3 is 0 Å². The van der Waals surface area contributed by atoms with Crippen molar-refractivity contribution in [2.24, 2.45) is 0 Å². The van der Waals surface area contributed by atoms with Crippen molar-refractivity contribution >= 4 is 23.2 Å². The highest BCUT2D eigenvalue weighted by Crippen LogP contribution is 2.32. The zero-order valence-corrected chi connectivity index (χ0v) is 14.1. The van der Waals surface area contributed by atoms with E-state index in [0.29, 0.717) is 23.7 Å². The molecule has 0 bridgehead atoms. The Morgan fingerprint density at radius 2 is 1.92 bits per heavy atom. The van der Waals surface area contributed by atoms with Crippen molar-refractivity contribution in [1.29, 1.82) is 0 Å². The number of amides is 1. The van der Waals surface area contributed by atoms with E-state index in [1.807, 2.05) is 0 Å². The fraction of sp³-hybridized carbons (Fsp3) is 0.167. The average molecular weight is 376 g/mol. The quantitative estimate of drug-likeness (QED) is 0.688. The minimum Gasteiger partial charge on any atom is -0.339 e. The van der Waals surface area contributed by atoms with Crippen LogP contribution in [0, 0.1) is 11.6 Å². The molecule has 26 heavy (non-hydrogen) atoms. The van der Waals surface area contributed by atoms with Crippen LogP contribution in [-0.4, -0.2) is 22.6 Å². The van der Waals surface area contributed by atoms with E-state index in [-0.39, 0.29) is 34.9 Å². The molecule has 1 unspecified atom stereocenters.